The first-order valence-electron chi connectivity index (χ1n) is 8.36. The predicted octanol–water partition coefficient (Wildman–Crippen LogP) is 2.22. The second-order valence-electron chi connectivity index (χ2n) is 6.00. The third kappa shape index (κ3) is 4.49. The summed E-state index contributed by atoms with van der Waals surface area (Å²) in [6.07, 6.45) is 0. The maximum Gasteiger partial charge on any atom is 0.435 e. The Morgan fingerprint density at radius 3 is 2.68 bits per heavy atom. The van der Waals surface area contributed by atoms with Gasteiger partial charge in [0.05, 0.1) is 22.0 Å². The smallest absolute Gasteiger partial charge is 0.383 e. The minimum atomic E-state index is -0.801. The molecule has 156 valence electrons. The van der Waals surface area contributed by atoms with Crippen molar-refractivity contribution in [2.24, 2.45) is 7.05 Å². The first kappa shape index (κ1) is 22.2. The quantitative estimate of drug-likeness (QED) is 0.372. The molecule has 4 N–H and O–H groups in total. The number of aromatic nitrogens is 3. The Hall–Kier alpha value is -3.51. The predicted molar refractivity (Wildman–Crippen MR) is 113 cm³/mol. The van der Waals surface area contributed by atoms with Crippen LogP contribution in [-0.2, 0) is 11.8 Å². The average Bonchev–Trinajstić information content (AvgIpc) is 3.06. The van der Waals surface area contributed by atoms with Crippen molar-refractivity contribution in [3.8, 4) is 23.4 Å². The molecule has 0 aliphatic heterocycles. The Morgan fingerprint density at radius 2 is 2.06 bits per heavy atom. The van der Waals surface area contributed by atoms with Crippen molar-refractivity contribution in [2.75, 3.05) is 16.8 Å². The van der Waals surface area contributed by atoms with Crippen LogP contribution in [0.5, 0.6) is 0 Å². The number of amides is 1. The molecule has 0 fully saturated rings. The number of nitrogens with zero attached hydrogens (tertiary/aromatic N) is 4. The van der Waals surface area contributed by atoms with E-state index in [2.05, 4.69) is 15.6 Å². The molecule has 3 rings (SSSR count). The number of anilines is 2. The zero-order valence-corrected chi connectivity index (χ0v) is 18.0. The number of thioether (sulfide) groups is 1. The number of nitriles is 2. The van der Waals surface area contributed by atoms with Crippen LogP contribution in [-0.4, -0.2) is 21.9 Å². The van der Waals surface area contributed by atoms with Crippen LogP contribution in [0.2, 0.25) is 10.0 Å². The van der Waals surface area contributed by atoms with E-state index in [0.29, 0.717) is 15.7 Å². The van der Waals surface area contributed by atoms with Crippen LogP contribution >= 0.6 is 35.0 Å². The van der Waals surface area contributed by atoms with E-state index in [1.807, 2.05) is 12.1 Å². The maximum absolute atomic E-state index is 12.4. The van der Waals surface area contributed by atoms with Gasteiger partial charge in [0, 0.05) is 5.02 Å². The summed E-state index contributed by atoms with van der Waals surface area (Å²) in [5.74, 6) is -0.808. The lowest BCUT2D eigenvalue weighted by molar-refractivity contribution is -0.730. The lowest BCUT2D eigenvalue weighted by atomic mass is 10.0. The largest absolute Gasteiger partial charge is 0.435 e. The highest BCUT2D eigenvalue weighted by Crippen LogP contribution is 2.33. The number of nitrogens with one attached hydrogen (secondary N) is 2. The number of hydrogen-bond acceptors (Lipinski definition) is 8. The van der Waals surface area contributed by atoms with Gasteiger partial charge in [-0.3, -0.25) is 9.32 Å². The molecule has 10 nitrogen and oxygen atoms in total. The molecule has 0 aliphatic rings. The molecule has 0 atom stereocenters. The summed E-state index contributed by atoms with van der Waals surface area (Å²) in [7, 11) is 1.47. The molecule has 2 heterocycles. The Labute approximate surface area is 189 Å². The molecule has 31 heavy (non-hydrogen) atoms. The first-order valence-corrected chi connectivity index (χ1v) is 10.1. The summed E-state index contributed by atoms with van der Waals surface area (Å²) in [5.41, 5.74) is 5.05. The topological polar surface area (TPSA) is 165 Å². The van der Waals surface area contributed by atoms with Crippen molar-refractivity contribution in [3.63, 3.8) is 0 Å². The number of rotatable bonds is 5. The summed E-state index contributed by atoms with van der Waals surface area (Å²) in [5, 5.41) is 24.9. The van der Waals surface area contributed by atoms with Gasteiger partial charge in [-0.25, -0.2) is 9.78 Å². The number of nitrogen functional groups attached to an aromatic ring is 1. The van der Waals surface area contributed by atoms with E-state index >= 15 is 0 Å². The summed E-state index contributed by atoms with van der Waals surface area (Å²) < 4.78 is 5.93. The molecule has 2 aromatic heterocycles. The molecular formula is C18H12Cl2N7O3S+. The van der Waals surface area contributed by atoms with E-state index in [1.54, 1.807) is 6.07 Å². The van der Waals surface area contributed by atoms with Gasteiger partial charge in [0.1, 0.15) is 34.1 Å². The van der Waals surface area contributed by atoms with Gasteiger partial charge in [-0.2, -0.15) is 10.5 Å². The number of H-pyrrole nitrogens is 1. The van der Waals surface area contributed by atoms with E-state index in [0.717, 1.165) is 11.8 Å². The molecule has 0 saturated carbocycles. The highest BCUT2D eigenvalue weighted by molar-refractivity contribution is 8.00. The fraction of sp³-hybridized carbons (Fsp3) is 0.111. The third-order valence-electron chi connectivity index (χ3n) is 4.00. The zero-order valence-electron chi connectivity index (χ0n) is 15.7. The number of benzene rings is 1. The second-order valence-corrected chi connectivity index (χ2v) is 7.81. The third-order valence-corrected chi connectivity index (χ3v) is 5.54. The van der Waals surface area contributed by atoms with Crippen LogP contribution in [0.4, 0.5) is 11.5 Å². The summed E-state index contributed by atoms with van der Waals surface area (Å²) in [6, 6.07) is 8.40. The van der Waals surface area contributed by atoms with Crippen LogP contribution in [0.1, 0.15) is 11.1 Å². The van der Waals surface area contributed by atoms with E-state index in [1.165, 1.54) is 23.9 Å². The van der Waals surface area contributed by atoms with Crippen LogP contribution in [0, 0.1) is 22.7 Å². The minimum Gasteiger partial charge on any atom is -0.383 e. The monoisotopic (exact) mass is 476 g/mol. The number of hydrogen-bond donors (Lipinski definition) is 3. The fourth-order valence-electron chi connectivity index (χ4n) is 2.66. The number of aromatic amines is 1. The van der Waals surface area contributed by atoms with Crippen molar-refractivity contribution < 1.29 is 14.0 Å². The number of nitrogens with two attached hydrogens (primary N) is 1. The molecule has 13 heteroatoms. The number of halogens is 2. The van der Waals surface area contributed by atoms with Crippen LogP contribution in [0.15, 0.2) is 32.5 Å². The molecular weight excluding hydrogens is 465 g/mol. The van der Waals surface area contributed by atoms with Gasteiger partial charge in [-0.05, 0) is 23.5 Å². The lowest BCUT2D eigenvalue weighted by Crippen LogP contribution is -2.34. The molecule has 3 aromatic rings. The number of pyridine rings is 1. The van der Waals surface area contributed by atoms with Gasteiger partial charge in [0.25, 0.3) is 0 Å². The Kier molecular flexibility index (Phi) is 6.51. The first-order chi connectivity index (χ1) is 14.8. The number of carbonyl (C=O) groups is 1. The highest BCUT2D eigenvalue weighted by Gasteiger charge is 2.31. The maximum atomic E-state index is 12.4. The molecule has 0 unspecified atom stereocenters. The van der Waals surface area contributed by atoms with E-state index in [-0.39, 0.29) is 39.0 Å². The Bertz CT molecular complexity index is 1340. The average molecular weight is 477 g/mol. The van der Waals surface area contributed by atoms with Gasteiger partial charge < -0.3 is 11.1 Å². The molecule has 0 radical (unpaired) electrons. The SMILES string of the molecule is C[n+]1[nH]oc(=O)c1-c1c(C#N)c(N)nc(SCC(=O)Nc2cc(Cl)ccc2Cl)c1C#N. The van der Waals surface area contributed by atoms with E-state index < -0.39 is 11.5 Å². The highest BCUT2D eigenvalue weighted by atomic mass is 35.5. The van der Waals surface area contributed by atoms with Gasteiger partial charge in [-0.15, -0.1) is 0 Å². The van der Waals surface area contributed by atoms with E-state index in [4.69, 9.17) is 33.5 Å². The summed E-state index contributed by atoms with van der Waals surface area (Å²) in [6.45, 7) is 0. The Morgan fingerprint density at radius 1 is 1.35 bits per heavy atom. The Balaban J connectivity index is 1.96. The molecule has 1 aromatic carbocycles. The minimum absolute atomic E-state index is 0.0317. The molecule has 0 spiro atoms. The van der Waals surface area contributed by atoms with Gasteiger partial charge >= 0.3 is 11.3 Å². The standard InChI is InChI=1S/C18H11Cl2N7O3S/c1-27-15(18(29)30-26-27)14-9(5-21)16(23)25-17(10(14)6-22)31-7-13(28)24-12-4-8(19)2-3-11(12)20/h2-4H,7H2,1H3,(H3-,23,24,25,26,28,29)/p+1. The second kappa shape index (κ2) is 9.10. The number of aryl methyl sites for hydroxylation is 1. The van der Waals surface area contributed by atoms with Gasteiger partial charge in [-0.1, -0.05) is 39.6 Å². The normalized spacial score (nSPS) is 10.4. The van der Waals surface area contributed by atoms with Crippen LogP contribution in [0.25, 0.3) is 11.3 Å². The van der Waals surface area contributed by atoms with Crippen molar-refractivity contribution in [2.45, 2.75) is 5.03 Å². The van der Waals surface area contributed by atoms with Crippen molar-refractivity contribution in [1.82, 2.24) is 10.3 Å². The van der Waals surface area contributed by atoms with Gasteiger partial charge in [0.15, 0.2) is 7.05 Å². The van der Waals surface area contributed by atoms with Crippen molar-refractivity contribution >= 4 is 52.4 Å². The molecule has 1 amide bonds. The molecule has 0 aliphatic carbocycles. The van der Waals surface area contributed by atoms with Crippen LogP contribution in [0.3, 0.4) is 0 Å². The zero-order chi connectivity index (χ0) is 22.7. The molecule has 0 saturated heterocycles. The van der Waals surface area contributed by atoms with E-state index in [9.17, 15) is 20.1 Å². The fourth-order valence-corrected chi connectivity index (χ4v) is 3.80. The molecule has 0 bridgehead atoms. The number of carbonyl (C=O) groups excluding carboxylic acids is 1. The van der Waals surface area contributed by atoms with Crippen molar-refractivity contribution in [1.29, 1.82) is 10.5 Å². The summed E-state index contributed by atoms with van der Waals surface area (Å²) in [4.78, 5) is 28.6. The lowest BCUT2D eigenvalue weighted by Gasteiger charge is -2.10. The van der Waals surface area contributed by atoms with Crippen LogP contribution < -0.4 is 21.4 Å². The van der Waals surface area contributed by atoms with Crippen molar-refractivity contribution in [3.05, 3.63) is 49.8 Å². The van der Waals surface area contributed by atoms with Gasteiger partial charge in [0.2, 0.25) is 5.91 Å². The summed E-state index contributed by atoms with van der Waals surface area (Å²) >= 11 is 12.9.